The molecule has 0 saturated heterocycles. The van der Waals surface area contributed by atoms with E-state index in [-0.39, 0.29) is 5.75 Å². The molecule has 0 spiro atoms. The van der Waals surface area contributed by atoms with E-state index in [2.05, 4.69) is 4.98 Å². The zero-order valence-corrected chi connectivity index (χ0v) is 8.84. The molecule has 2 aromatic rings. The summed E-state index contributed by atoms with van der Waals surface area (Å²) in [6, 6.07) is 7.26. The van der Waals surface area contributed by atoms with E-state index in [4.69, 9.17) is 4.74 Å². The summed E-state index contributed by atoms with van der Waals surface area (Å²) in [5.41, 5.74) is 0. The maximum atomic E-state index is 13.0. The van der Waals surface area contributed by atoms with Crippen LogP contribution in [-0.4, -0.2) is 11.6 Å². The molecule has 0 bridgehead atoms. The van der Waals surface area contributed by atoms with Gasteiger partial charge in [-0.1, -0.05) is 6.07 Å². The van der Waals surface area contributed by atoms with Gasteiger partial charge in [-0.25, -0.2) is 4.98 Å². The molecule has 15 heavy (non-hydrogen) atoms. The first-order valence-corrected chi connectivity index (χ1v) is 5.50. The summed E-state index contributed by atoms with van der Waals surface area (Å²) in [5, 5.41) is 2.01. The van der Waals surface area contributed by atoms with Crippen molar-refractivity contribution in [1.29, 1.82) is 0 Å². The van der Waals surface area contributed by atoms with Crippen LogP contribution in [0.15, 0.2) is 35.8 Å². The fourth-order valence-electron chi connectivity index (χ4n) is 1.20. The summed E-state index contributed by atoms with van der Waals surface area (Å²) in [6.45, 7) is 0.475. The summed E-state index contributed by atoms with van der Waals surface area (Å²) in [5.74, 6) is -0.335. The lowest BCUT2D eigenvalue weighted by atomic mass is 10.3. The Bertz CT molecular complexity index is 416. The van der Waals surface area contributed by atoms with Crippen molar-refractivity contribution in [2.24, 2.45) is 0 Å². The summed E-state index contributed by atoms with van der Waals surface area (Å²) in [7, 11) is 0. The van der Waals surface area contributed by atoms with Gasteiger partial charge in [0.05, 0.1) is 6.61 Å². The van der Waals surface area contributed by atoms with E-state index in [1.54, 1.807) is 23.5 Å². The molecule has 0 amide bonds. The van der Waals surface area contributed by atoms with Gasteiger partial charge in [0.25, 0.3) is 5.95 Å². The third-order valence-corrected chi connectivity index (χ3v) is 2.85. The summed E-state index contributed by atoms with van der Waals surface area (Å²) in [4.78, 5) is 4.74. The minimum atomic E-state index is -0.552. The van der Waals surface area contributed by atoms with Gasteiger partial charge in [-0.05, 0) is 23.6 Å². The first-order valence-electron chi connectivity index (χ1n) is 4.62. The van der Waals surface area contributed by atoms with Crippen LogP contribution in [0.1, 0.15) is 4.88 Å². The molecule has 0 fully saturated rings. The minimum absolute atomic E-state index is 0.217. The summed E-state index contributed by atoms with van der Waals surface area (Å²) in [6.07, 6.45) is 2.20. The van der Waals surface area contributed by atoms with Gasteiger partial charge >= 0.3 is 0 Å². The molecule has 0 aromatic carbocycles. The molecule has 0 saturated carbocycles. The van der Waals surface area contributed by atoms with E-state index in [1.807, 2.05) is 17.5 Å². The van der Waals surface area contributed by atoms with Crippen molar-refractivity contribution in [2.45, 2.75) is 6.42 Å². The molecule has 2 aromatic heterocycles. The highest BCUT2D eigenvalue weighted by Gasteiger charge is 2.02. The molecule has 4 heteroatoms. The number of ether oxygens (including phenoxy) is 1. The topological polar surface area (TPSA) is 22.1 Å². The molecule has 0 aliphatic heterocycles. The van der Waals surface area contributed by atoms with E-state index < -0.39 is 5.95 Å². The van der Waals surface area contributed by atoms with Crippen LogP contribution in [0.3, 0.4) is 0 Å². The molecule has 0 unspecified atom stereocenters. The van der Waals surface area contributed by atoms with Crippen LogP contribution in [0.5, 0.6) is 5.75 Å². The average molecular weight is 223 g/mol. The van der Waals surface area contributed by atoms with Gasteiger partial charge in [-0.3, -0.25) is 0 Å². The fraction of sp³-hybridized carbons (Fsp3) is 0.182. The molecule has 0 N–H and O–H groups in total. The van der Waals surface area contributed by atoms with Crippen LogP contribution in [0.2, 0.25) is 0 Å². The predicted molar refractivity (Wildman–Crippen MR) is 57.7 cm³/mol. The Morgan fingerprint density at radius 3 is 3.00 bits per heavy atom. The van der Waals surface area contributed by atoms with Crippen molar-refractivity contribution in [3.8, 4) is 5.75 Å². The molecule has 2 heterocycles. The number of nitrogens with zero attached hydrogens (tertiary/aromatic N) is 1. The zero-order valence-electron chi connectivity index (χ0n) is 8.02. The van der Waals surface area contributed by atoms with Gasteiger partial charge < -0.3 is 4.74 Å². The van der Waals surface area contributed by atoms with Gasteiger partial charge in [-0.2, -0.15) is 4.39 Å². The average Bonchev–Trinajstić information content (AvgIpc) is 2.74. The standard InChI is InChI=1S/C11H10FNOS/c12-11-10(4-1-6-13-11)14-7-5-9-3-2-8-15-9/h1-4,6,8H,5,7H2. The largest absolute Gasteiger partial charge is 0.488 e. The number of aromatic nitrogens is 1. The van der Waals surface area contributed by atoms with Crippen LogP contribution >= 0.6 is 11.3 Å². The molecular weight excluding hydrogens is 213 g/mol. The van der Waals surface area contributed by atoms with Crippen LogP contribution in [0, 0.1) is 5.95 Å². The van der Waals surface area contributed by atoms with Crippen molar-refractivity contribution in [3.05, 3.63) is 46.7 Å². The SMILES string of the molecule is Fc1ncccc1OCCc1cccs1. The number of pyridine rings is 1. The van der Waals surface area contributed by atoms with Crippen LogP contribution in [0.25, 0.3) is 0 Å². The van der Waals surface area contributed by atoms with Crippen molar-refractivity contribution >= 4 is 11.3 Å². The van der Waals surface area contributed by atoms with Crippen LogP contribution in [0.4, 0.5) is 4.39 Å². The second-order valence-electron chi connectivity index (χ2n) is 2.97. The quantitative estimate of drug-likeness (QED) is 0.743. The Morgan fingerprint density at radius 2 is 2.27 bits per heavy atom. The fourth-order valence-corrected chi connectivity index (χ4v) is 1.89. The minimum Gasteiger partial charge on any atom is -0.488 e. The molecule has 78 valence electrons. The molecule has 0 atom stereocenters. The van der Waals surface area contributed by atoms with Crippen LogP contribution in [-0.2, 0) is 6.42 Å². The first kappa shape index (κ1) is 10.1. The highest BCUT2D eigenvalue weighted by molar-refractivity contribution is 7.09. The van der Waals surface area contributed by atoms with E-state index in [9.17, 15) is 4.39 Å². The third kappa shape index (κ3) is 2.76. The van der Waals surface area contributed by atoms with E-state index in [0.29, 0.717) is 6.61 Å². The maximum absolute atomic E-state index is 13.0. The lowest BCUT2D eigenvalue weighted by Crippen LogP contribution is -2.02. The molecule has 2 rings (SSSR count). The molecule has 0 radical (unpaired) electrons. The number of rotatable bonds is 4. The number of thiophene rings is 1. The van der Waals surface area contributed by atoms with Gasteiger partial charge in [0.1, 0.15) is 0 Å². The molecular formula is C11H10FNOS. The van der Waals surface area contributed by atoms with E-state index >= 15 is 0 Å². The number of hydrogen-bond donors (Lipinski definition) is 0. The second-order valence-corrected chi connectivity index (χ2v) is 4.00. The normalized spacial score (nSPS) is 10.2. The van der Waals surface area contributed by atoms with Gasteiger partial charge in [0.15, 0.2) is 5.75 Å². The number of halogens is 1. The lowest BCUT2D eigenvalue weighted by Gasteiger charge is -2.04. The van der Waals surface area contributed by atoms with Gasteiger partial charge in [-0.15, -0.1) is 11.3 Å². The Hall–Kier alpha value is -1.42. The smallest absolute Gasteiger partial charge is 0.255 e. The predicted octanol–water partition coefficient (Wildman–Crippen LogP) is 2.90. The molecule has 0 aliphatic carbocycles. The van der Waals surface area contributed by atoms with Crippen molar-refractivity contribution in [3.63, 3.8) is 0 Å². The molecule has 0 aliphatic rings. The van der Waals surface area contributed by atoms with E-state index in [0.717, 1.165) is 6.42 Å². The maximum Gasteiger partial charge on any atom is 0.255 e. The second kappa shape index (κ2) is 4.89. The van der Waals surface area contributed by atoms with Crippen molar-refractivity contribution in [1.82, 2.24) is 4.98 Å². The van der Waals surface area contributed by atoms with Gasteiger partial charge in [0, 0.05) is 17.5 Å². The van der Waals surface area contributed by atoms with E-state index in [1.165, 1.54) is 11.1 Å². The monoisotopic (exact) mass is 223 g/mol. The zero-order chi connectivity index (χ0) is 10.5. The first-order chi connectivity index (χ1) is 7.36. The highest BCUT2D eigenvalue weighted by Crippen LogP contribution is 2.14. The van der Waals surface area contributed by atoms with Crippen LogP contribution < -0.4 is 4.74 Å². The molecule has 2 nitrogen and oxygen atoms in total. The lowest BCUT2D eigenvalue weighted by molar-refractivity contribution is 0.301. The Labute approximate surface area is 91.4 Å². The third-order valence-electron chi connectivity index (χ3n) is 1.91. The Morgan fingerprint density at radius 1 is 1.33 bits per heavy atom. The Kier molecular flexibility index (Phi) is 3.29. The summed E-state index contributed by atoms with van der Waals surface area (Å²) < 4.78 is 18.3. The van der Waals surface area contributed by atoms with Crippen molar-refractivity contribution in [2.75, 3.05) is 6.61 Å². The van der Waals surface area contributed by atoms with Crippen molar-refractivity contribution < 1.29 is 9.13 Å². The van der Waals surface area contributed by atoms with Gasteiger partial charge in [0.2, 0.25) is 0 Å². The highest BCUT2D eigenvalue weighted by atomic mass is 32.1. The Balaban J connectivity index is 1.86. The number of hydrogen-bond acceptors (Lipinski definition) is 3. The summed E-state index contributed by atoms with van der Waals surface area (Å²) >= 11 is 1.67.